The van der Waals surface area contributed by atoms with Gasteiger partial charge >= 0.3 is 0 Å². The van der Waals surface area contributed by atoms with Crippen molar-refractivity contribution in [3.63, 3.8) is 0 Å². The molecule has 5 heteroatoms. The minimum absolute atomic E-state index is 0.261. The summed E-state index contributed by atoms with van der Waals surface area (Å²) in [4.78, 5) is 12.2. The van der Waals surface area contributed by atoms with E-state index in [0.29, 0.717) is 5.88 Å². The van der Waals surface area contributed by atoms with Gasteiger partial charge in [0.2, 0.25) is 11.8 Å². The number of hydrogen-bond donors (Lipinski definition) is 1. The zero-order chi connectivity index (χ0) is 13.5. The molecule has 2 aromatic heterocycles. The summed E-state index contributed by atoms with van der Waals surface area (Å²) in [5, 5.41) is 0. The largest absolute Gasteiger partial charge is 0.481 e. The van der Waals surface area contributed by atoms with Crippen LogP contribution in [-0.2, 0) is 0 Å². The predicted molar refractivity (Wildman–Crippen MR) is 72.3 cm³/mol. The maximum atomic E-state index is 5.55. The molecular formula is C13H18N4O. The average Bonchev–Trinajstić information content (AvgIpc) is 2.44. The molecule has 0 aliphatic rings. The Morgan fingerprint density at radius 1 is 1.11 bits per heavy atom. The first-order valence-corrected chi connectivity index (χ1v) is 5.80. The molecule has 2 rings (SSSR count). The minimum atomic E-state index is 0.261. The average molecular weight is 246 g/mol. The minimum Gasteiger partial charge on any atom is -0.481 e. The third-order valence-corrected chi connectivity index (χ3v) is 2.21. The lowest BCUT2D eigenvalue weighted by Crippen LogP contribution is -1.98. The van der Waals surface area contributed by atoms with E-state index >= 15 is 0 Å². The van der Waals surface area contributed by atoms with Gasteiger partial charge in [-0.2, -0.15) is 0 Å². The normalized spacial score (nSPS) is 9.33. The van der Waals surface area contributed by atoms with Crippen LogP contribution in [0.1, 0.15) is 19.4 Å². The van der Waals surface area contributed by atoms with Crippen molar-refractivity contribution in [2.24, 2.45) is 0 Å². The monoisotopic (exact) mass is 246 g/mol. The molecule has 0 radical (unpaired) electrons. The summed E-state index contributed by atoms with van der Waals surface area (Å²) in [6.45, 7) is 5.93. The van der Waals surface area contributed by atoms with Crippen LogP contribution in [0.2, 0.25) is 0 Å². The first kappa shape index (κ1) is 13.9. The number of aryl methyl sites for hydroxylation is 1. The fourth-order valence-corrected chi connectivity index (χ4v) is 1.39. The van der Waals surface area contributed by atoms with Crippen LogP contribution in [0.15, 0.2) is 24.5 Å². The van der Waals surface area contributed by atoms with Crippen molar-refractivity contribution in [2.45, 2.75) is 20.8 Å². The van der Waals surface area contributed by atoms with Gasteiger partial charge in [0, 0.05) is 24.0 Å². The molecule has 0 spiro atoms. The van der Waals surface area contributed by atoms with Crippen LogP contribution in [-0.4, -0.2) is 22.1 Å². The molecule has 0 bridgehead atoms. The predicted octanol–water partition coefficient (Wildman–Crippen LogP) is 2.46. The molecule has 2 N–H and O–H groups in total. The van der Waals surface area contributed by atoms with Crippen molar-refractivity contribution in [2.75, 3.05) is 12.8 Å². The molecule has 96 valence electrons. The summed E-state index contributed by atoms with van der Waals surface area (Å²) >= 11 is 0. The molecule has 0 saturated carbocycles. The van der Waals surface area contributed by atoms with Crippen molar-refractivity contribution in [1.29, 1.82) is 0 Å². The number of nitrogen functional groups attached to an aromatic ring is 1. The molecule has 0 saturated heterocycles. The van der Waals surface area contributed by atoms with Gasteiger partial charge in [0.15, 0.2) is 0 Å². The fraction of sp³-hybridized carbons (Fsp3) is 0.308. The van der Waals surface area contributed by atoms with Crippen molar-refractivity contribution in [3.05, 3.63) is 30.1 Å². The molecule has 0 aromatic carbocycles. The first-order valence-electron chi connectivity index (χ1n) is 5.80. The van der Waals surface area contributed by atoms with E-state index in [1.807, 2.05) is 26.8 Å². The Morgan fingerprint density at radius 3 is 2.39 bits per heavy atom. The maximum Gasteiger partial charge on any atom is 0.220 e. The Hall–Kier alpha value is -2.17. The lowest BCUT2D eigenvalue weighted by atomic mass is 10.1. The number of aromatic nitrogens is 3. The molecular weight excluding hydrogens is 228 g/mol. The number of nitrogens with two attached hydrogens (primary N) is 1. The summed E-state index contributed by atoms with van der Waals surface area (Å²) in [7, 11) is 1.58. The number of methoxy groups -OCH3 is 1. The van der Waals surface area contributed by atoms with Crippen molar-refractivity contribution in [3.8, 4) is 17.1 Å². The van der Waals surface area contributed by atoms with Gasteiger partial charge in [-0.1, -0.05) is 13.8 Å². The molecule has 0 aliphatic heterocycles. The molecule has 2 heterocycles. The lowest BCUT2D eigenvalue weighted by Gasteiger charge is -2.05. The van der Waals surface area contributed by atoms with E-state index in [1.165, 1.54) is 0 Å². The van der Waals surface area contributed by atoms with Crippen LogP contribution in [0.4, 0.5) is 5.95 Å². The van der Waals surface area contributed by atoms with Gasteiger partial charge in [-0.25, -0.2) is 15.0 Å². The van der Waals surface area contributed by atoms with Crippen LogP contribution >= 0.6 is 0 Å². The quantitative estimate of drug-likeness (QED) is 0.881. The highest BCUT2D eigenvalue weighted by Crippen LogP contribution is 2.21. The van der Waals surface area contributed by atoms with E-state index < -0.39 is 0 Å². The van der Waals surface area contributed by atoms with E-state index in [2.05, 4.69) is 15.0 Å². The van der Waals surface area contributed by atoms with Gasteiger partial charge in [-0.15, -0.1) is 0 Å². The molecule has 0 unspecified atom stereocenters. The highest BCUT2D eigenvalue weighted by atomic mass is 16.5. The van der Waals surface area contributed by atoms with Crippen LogP contribution in [0.5, 0.6) is 5.88 Å². The highest BCUT2D eigenvalue weighted by molar-refractivity contribution is 5.62. The number of hydrogen-bond acceptors (Lipinski definition) is 5. The highest BCUT2D eigenvalue weighted by Gasteiger charge is 2.05. The van der Waals surface area contributed by atoms with Gasteiger partial charge < -0.3 is 10.5 Å². The molecule has 5 nitrogen and oxygen atoms in total. The van der Waals surface area contributed by atoms with Gasteiger partial charge in [-0.3, -0.25) is 0 Å². The third-order valence-electron chi connectivity index (χ3n) is 2.21. The lowest BCUT2D eigenvalue weighted by molar-refractivity contribution is 0.398. The van der Waals surface area contributed by atoms with Gasteiger partial charge in [-0.05, 0) is 18.6 Å². The second-order valence-electron chi connectivity index (χ2n) is 3.35. The molecule has 2 aromatic rings. The Bertz CT molecular complexity index is 497. The number of anilines is 1. The van der Waals surface area contributed by atoms with Gasteiger partial charge in [0.25, 0.3) is 0 Å². The number of rotatable bonds is 2. The number of pyridine rings is 1. The molecule has 0 amide bonds. The zero-order valence-electron chi connectivity index (χ0n) is 11.1. The van der Waals surface area contributed by atoms with Crippen LogP contribution < -0.4 is 10.5 Å². The summed E-state index contributed by atoms with van der Waals surface area (Å²) in [5.41, 5.74) is 8.20. The van der Waals surface area contributed by atoms with E-state index in [4.69, 9.17) is 10.5 Å². The van der Waals surface area contributed by atoms with E-state index in [1.54, 1.807) is 25.6 Å². The van der Waals surface area contributed by atoms with Crippen molar-refractivity contribution < 1.29 is 4.74 Å². The SMILES string of the molecule is CC.COc1ccc(-c2nc(N)ncc2C)cn1. The van der Waals surface area contributed by atoms with Crippen LogP contribution in [0.25, 0.3) is 11.3 Å². The Morgan fingerprint density at radius 2 is 1.83 bits per heavy atom. The van der Waals surface area contributed by atoms with E-state index in [0.717, 1.165) is 16.8 Å². The Labute approximate surface area is 107 Å². The standard InChI is InChI=1S/C11H12N4O.C2H6/c1-7-5-14-11(12)15-10(7)8-3-4-9(16-2)13-6-8;1-2/h3-6H,1-2H3,(H2,12,14,15);1-2H3. The fourth-order valence-electron chi connectivity index (χ4n) is 1.39. The van der Waals surface area contributed by atoms with Crippen LogP contribution in [0.3, 0.4) is 0 Å². The van der Waals surface area contributed by atoms with Gasteiger partial charge in [0.1, 0.15) is 0 Å². The second kappa shape index (κ2) is 6.54. The molecule has 0 aliphatic carbocycles. The first-order chi connectivity index (χ1) is 8.70. The molecule has 0 fully saturated rings. The Balaban J connectivity index is 0.000000771. The van der Waals surface area contributed by atoms with E-state index in [9.17, 15) is 0 Å². The van der Waals surface area contributed by atoms with E-state index in [-0.39, 0.29) is 5.95 Å². The maximum absolute atomic E-state index is 5.55. The summed E-state index contributed by atoms with van der Waals surface area (Å²) < 4.78 is 4.99. The van der Waals surface area contributed by atoms with Crippen LogP contribution in [0, 0.1) is 6.92 Å². The summed E-state index contributed by atoms with van der Waals surface area (Å²) in [6.07, 6.45) is 3.40. The van der Waals surface area contributed by atoms with Crippen molar-refractivity contribution >= 4 is 5.95 Å². The Kier molecular flexibility index (Phi) is 5.05. The smallest absolute Gasteiger partial charge is 0.220 e. The second-order valence-corrected chi connectivity index (χ2v) is 3.35. The topological polar surface area (TPSA) is 73.9 Å². The number of ether oxygens (including phenoxy) is 1. The summed E-state index contributed by atoms with van der Waals surface area (Å²) in [5.74, 6) is 0.833. The molecule has 18 heavy (non-hydrogen) atoms. The molecule has 0 atom stereocenters. The third kappa shape index (κ3) is 3.16. The van der Waals surface area contributed by atoms with Gasteiger partial charge in [0.05, 0.1) is 12.8 Å². The number of nitrogens with zero attached hydrogens (tertiary/aromatic N) is 3. The summed E-state index contributed by atoms with van der Waals surface area (Å²) in [6, 6.07) is 3.67. The zero-order valence-corrected chi connectivity index (χ0v) is 11.1. The van der Waals surface area contributed by atoms with Crippen molar-refractivity contribution in [1.82, 2.24) is 15.0 Å².